The molecule has 0 spiro atoms. The monoisotopic (exact) mass is 323 g/mol. The first-order chi connectivity index (χ1) is 11.6. The summed E-state index contributed by atoms with van der Waals surface area (Å²) in [6.45, 7) is 7.63. The predicted octanol–water partition coefficient (Wildman–Crippen LogP) is 3.98. The van der Waals surface area contributed by atoms with Gasteiger partial charge in [-0.2, -0.15) is 5.26 Å². The third-order valence-corrected chi connectivity index (χ3v) is 3.73. The molecule has 0 unspecified atom stereocenters. The molecule has 0 saturated carbocycles. The van der Waals surface area contributed by atoms with Gasteiger partial charge in [-0.05, 0) is 38.5 Å². The number of carbonyl (C=O) groups excluding carboxylic acids is 1. The number of para-hydroxylation sites is 1. The van der Waals surface area contributed by atoms with Crippen LogP contribution in [0.1, 0.15) is 25.2 Å². The first kappa shape index (κ1) is 17.4. The molecule has 5 heteroatoms. The minimum atomic E-state index is -0.451. The van der Waals surface area contributed by atoms with Crippen molar-refractivity contribution in [2.24, 2.45) is 0 Å². The molecule has 1 N–H and O–H groups in total. The molecule has 1 amide bonds. The number of nitriles is 1. The molecule has 0 aliphatic heterocycles. The van der Waals surface area contributed by atoms with Gasteiger partial charge >= 0.3 is 0 Å². The zero-order valence-electron chi connectivity index (χ0n) is 14.2. The summed E-state index contributed by atoms with van der Waals surface area (Å²) in [6, 6.07) is 13.0. The van der Waals surface area contributed by atoms with Crippen molar-refractivity contribution in [1.29, 1.82) is 5.26 Å². The normalized spacial score (nSPS) is 11.0. The lowest BCUT2D eigenvalue weighted by Gasteiger charge is -2.16. The van der Waals surface area contributed by atoms with E-state index in [0.29, 0.717) is 11.4 Å². The number of hydrogen-bond donors (Lipinski definition) is 1. The molecule has 0 radical (unpaired) electrons. The second kappa shape index (κ2) is 8.02. The Kier molecular flexibility index (Phi) is 5.80. The molecule has 24 heavy (non-hydrogen) atoms. The topological polar surface area (TPSA) is 69.3 Å². The molecule has 124 valence electrons. The Morgan fingerprint density at radius 1 is 1.25 bits per heavy atom. The zero-order chi connectivity index (χ0) is 17.5. The zero-order valence-corrected chi connectivity index (χ0v) is 14.2. The van der Waals surface area contributed by atoms with E-state index in [9.17, 15) is 10.1 Å². The summed E-state index contributed by atoms with van der Waals surface area (Å²) in [4.78, 5) is 14.4. The summed E-state index contributed by atoms with van der Waals surface area (Å²) < 4.78 is 5.70. The van der Waals surface area contributed by atoms with Gasteiger partial charge in [-0.15, -0.1) is 0 Å². The lowest BCUT2D eigenvalue weighted by Crippen LogP contribution is -2.20. The van der Waals surface area contributed by atoms with Crippen molar-refractivity contribution in [1.82, 2.24) is 0 Å². The maximum atomic E-state index is 12.3. The molecule has 1 heterocycles. The van der Waals surface area contributed by atoms with Gasteiger partial charge in [0.25, 0.3) is 5.91 Å². The molecular formula is C19H21N3O2. The lowest BCUT2D eigenvalue weighted by atomic mass is 10.2. The van der Waals surface area contributed by atoms with Crippen LogP contribution in [-0.4, -0.2) is 19.0 Å². The molecule has 0 aliphatic rings. The van der Waals surface area contributed by atoms with Gasteiger partial charge in [0.2, 0.25) is 0 Å². The molecule has 0 atom stereocenters. The largest absolute Gasteiger partial charge is 0.441 e. The highest BCUT2D eigenvalue weighted by Crippen LogP contribution is 2.21. The number of hydrogen-bond acceptors (Lipinski definition) is 4. The van der Waals surface area contributed by atoms with E-state index in [-0.39, 0.29) is 5.57 Å². The molecule has 0 aliphatic carbocycles. The summed E-state index contributed by atoms with van der Waals surface area (Å²) in [5.41, 5.74) is 1.62. The van der Waals surface area contributed by atoms with Crippen molar-refractivity contribution in [3.63, 3.8) is 0 Å². The molecule has 2 rings (SSSR count). The van der Waals surface area contributed by atoms with Gasteiger partial charge in [-0.25, -0.2) is 0 Å². The Hall–Kier alpha value is -3.00. The van der Waals surface area contributed by atoms with E-state index < -0.39 is 5.91 Å². The Labute approximate surface area is 142 Å². The highest BCUT2D eigenvalue weighted by molar-refractivity contribution is 6.09. The van der Waals surface area contributed by atoms with Crippen LogP contribution >= 0.6 is 0 Å². The Balaban J connectivity index is 2.19. The number of benzene rings is 1. The molecule has 5 nitrogen and oxygen atoms in total. The maximum absolute atomic E-state index is 12.3. The van der Waals surface area contributed by atoms with Crippen LogP contribution < -0.4 is 10.2 Å². The quantitative estimate of drug-likeness (QED) is 0.645. The van der Waals surface area contributed by atoms with Gasteiger partial charge in [0.1, 0.15) is 17.4 Å². The third-order valence-electron chi connectivity index (χ3n) is 3.73. The van der Waals surface area contributed by atoms with Crippen LogP contribution in [0, 0.1) is 18.3 Å². The number of rotatable bonds is 6. The number of nitrogens with zero attached hydrogens (tertiary/aromatic N) is 2. The summed E-state index contributed by atoms with van der Waals surface area (Å²) in [7, 11) is 0. The van der Waals surface area contributed by atoms with Gasteiger partial charge in [0.15, 0.2) is 5.88 Å². The van der Waals surface area contributed by atoms with Crippen LogP contribution in [0.15, 0.2) is 46.4 Å². The van der Waals surface area contributed by atoms with E-state index in [1.54, 1.807) is 12.1 Å². The highest BCUT2D eigenvalue weighted by atomic mass is 16.4. The van der Waals surface area contributed by atoms with Crippen LogP contribution in [-0.2, 0) is 4.79 Å². The fourth-order valence-electron chi connectivity index (χ4n) is 2.32. The summed E-state index contributed by atoms with van der Waals surface area (Å²) >= 11 is 0. The van der Waals surface area contributed by atoms with Crippen molar-refractivity contribution in [3.05, 3.63) is 53.3 Å². The van der Waals surface area contributed by atoms with Crippen LogP contribution in [0.3, 0.4) is 0 Å². The smallest absolute Gasteiger partial charge is 0.266 e. The fraction of sp³-hybridized carbons (Fsp3) is 0.263. The van der Waals surface area contributed by atoms with Crippen LogP contribution in [0.2, 0.25) is 0 Å². The third kappa shape index (κ3) is 4.05. The van der Waals surface area contributed by atoms with Gasteiger partial charge in [-0.3, -0.25) is 4.79 Å². The van der Waals surface area contributed by atoms with Crippen molar-refractivity contribution in [2.75, 3.05) is 23.3 Å². The van der Waals surface area contributed by atoms with Crippen molar-refractivity contribution < 1.29 is 9.21 Å². The second-order valence-electron chi connectivity index (χ2n) is 5.29. The number of furan rings is 1. The molecule has 2 aromatic rings. The average Bonchev–Trinajstić information content (AvgIpc) is 3.04. The van der Waals surface area contributed by atoms with E-state index in [1.807, 2.05) is 51.1 Å². The molecule has 0 bridgehead atoms. The first-order valence-corrected chi connectivity index (χ1v) is 7.92. The minimum Gasteiger partial charge on any atom is -0.441 e. The van der Waals surface area contributed by atoms with E-state index >= 15 is 0 Å². The van der Waals surface area contributed by atoms with Gasteiger partial charge < -0.3 is 14.6 Å². The lowest BCUT2D eigenvalue weighted by molar-refractivity contribution is -0.112. The SMILES string of the molecule is CCN(CC)c1ccc(C=C(C#N)C(=O)Nc2ccccc2C)o1. The van der Waals surface area contributed by atoms with Gasteiger partial charge in [0.05, 0.1) is 0 Å². The first-order valence-electron chi connectivity index (χ1n) is 7.92. The molecule has 1 aromatic carbocycles. The van der Waals surface area contributed by atoms with Crippen LogP contribution in [0.4, 0.5) is 11.6 Å². The van der Waals surface area contributed by atoms with Gasteiger partial charge in [0, 0.05) is 30.9 Å². The molecule has 1 aromatic heterocycles. The van der Waals surface area contributed by atoms with Crippen molar-refractivity contribution >= 4 is 23.6 Å². The fourth-order valence-corrected chi connectivity index (χ4v) is 2.32. The second-order valence-corrected chi connectivity index (χ2v) is 5.29. The summed E-state index contributed by atoms with van der Waals surface area (Å²) in [6.07, 6.45) is 1.46. The van der Waals surface area contributed by atoms with Crippen molar-refractivity contribution in [2.45, 2.75) is 20.8 Å². The predicted molar refractivity (Wildman–Crippen MR) is 95.7 cm³/mol. The van der Waals surface area contributed by atoms with Crippen LogP contribution in [0.5, 0.6) is 0 Å². The Bertz CT molecular complexity index is 780. The van der Waals surface area contributed by atoms with Crippen molar-refractivity contribution in [3.8, 4) is 6.07 Å². The average molecular weight is 323 g/mol. The van der Waals surface area contributed by atoms with E-state index in [0.717, 1.165) is 24.5 Å². The molecular weight excluding hydrogens is 302 g/mol. The minimum absolute atomic E-state index is 0.00120. The van der Waals surface area contributed by atoms with Crippen LogP contribution in [0.25, 0.3) is 6.08 Å². The Morgan fingerprint density at radius 2 is 1.96 bits per heavy atom. The summed E-state index contributed by atoms with van der Waals surface area (Å²) in [5.74, 6) is 0.754. The van der Waals surface area contributed by atoms with Gasteiger partial charge in [-0.1, -0.05) is 18.2 Å². The maximum Gasteiger partial charge on any atom is 0.266 e. The number of amides is 1. The molecule has 0 fully saturated rings. The standard InChI is InChI=1S/C19H21N3O2/c1-4-22(5-2)18-11-10-16(24-18)12-15(13-20)19(23)21-17-9-7-6-8-14(17)3/h6-12H,4-5H2,1-3H3,(H,21,23). The van der Waals surface area contributed by atoms with E-state index in [1.165, 1.54) is 6.08 Å². The van der Waals surface area contributed by atoms with E-state index in [4.69, 9.17) is 4.42 Å². The van der Waals surface area contributed by atoms with E-state index in [2.05, 4.69) is 10.2 Å². The number of anilines is 2. The highest BCUT2D eigenvalue weighted by Gasteiger charge is 2.13. The molecule has 0 saturated heterocycles. The Morgan fingerprint density at radius 3 is 2.58 bits per heavy atom. The number of aryl methyl sites for hydroxylation is 1. The summed E-state index contributed by atoms with van der Waals surface area (Å²) in [5, 5.41) is 12.0. The number of nitrogens with one attached hydrogen (secondary N) is 1. The number of carbonyl (C=O) groups is 1.